The quantitative estimate of drug-likeness (QED) is 0.844. The van der Waals surface area contributed by atoms with E-state index in [2.05, 4.69) is 10.3 Å². The van der Waals surface area contributed by atoms with Crippen molar-refractivity contribution in [3.63, 3.8) is 0 Å². The molecule has 2 rings (SSSR count). The van der Waals surface area contributed by atoms with Crippen LogP contribution in [-0.4, -0.2) is 10.9 Å². The summed E-state index contributed by atoms with van der Waals surface area (Å²) in [6.07, 6.45) is 1.18. The van der Waals surface area contributed by atoms with Gasteiger partial charge in [-0.1, -0.05) is 0 Å². The van der Waals surface area contributed by atoms with Crippen LogP contribution in [0.3, 0.4) is 0 Å². The molecule has 0 radical (unpaired) electrons. The third kappa shape index (κ3) is 2.77. The molecular weight excluding hydrogens is 259 g/mol. The van der Waals surface area contributed by atoms with Gasteiger partial charge in [0, 0.05) is 23.5 Å². The van der Waals surface area contributed by atoms with Gasteiger partial charge in [-0.3, -0.25) is 4.79 Å². The Labute approximate surface area is 113 Å². The molecule has 5 nitrogen and oxygen atoms in total. The highest BCUT2D eigenvalue weighted by atomic mass is 19.1. The first-order chi connectivity index (χ1) is 9.63. The number of rotatable bonds is 2. The van der Waals surface area contributed by atoms with Crippen LogP contribution in [0.15, 0.2) is 36.5 Å². The van der Waals surface area contributed by atoms with Crippen molar-refractivity contribution in [2.24, 2.45) is 0 Å². The van der Waals surface area contributed by atoms with Gasteiger partial charge >= 0.3 is 0 Å². The smallest absolute Gasteiger partial charge is 0.255 e. The van der Waals surface area contributed by atoms with E-state index < -0.39 is 11.9 Å². The minimum absolute atomic E-state index is 0.111. The van der Waals surface area contributed by atoms with Crippen molar-refractivity contribution < 1.29 is 9.18 Å². The summed E-state index contributed by atoms with van der Waals surface area (Å²) in [4.78, 5) is 15.2. The Kier molecular flexibility index (Phi) is 3.69. The molecule has 0 bridgehead atoms. The van der Waals surface area contributed by atoms with Gasteiger partial charge in [0.15, 0.2) is 0 Å². The Morgan fingerprint density at radius 3 is 2.55 bits per heavy atom. The second-order valence-electron chi connectivity index (χ2n) is 3.81. The Morgan fingerprint density at radius 1 is 1.15 bits per heavy atom. The standard InChI is InChI=1S/C14H7FN4O/c15-13-6-9(3-4-18-13)14(20)19-12-2-1-10(7-16)11(5-12)8-17/h1-6H,(H,19,20). The van der Waals surface area contributed by atoms with Crippen molar-refractivity contribution in [1.82, 2.24) is 4.98 Å². The van der Waals surface area contributed by atoms with E-state index in [4.69, 9.17) is 10.5 Å². The van der Waals surface area contributed by atoms with E-state index in [1.54, 1.807) is 0 Å². The summed E-state index contributed by atoms with van der Waals surface area (Å²) in [6.45, 7) is 0. The van der Waals surface area contributed by atoms with Crippen molar-refractivity contribution in [2.75, 3.05) is 5.32 Å². The van der Waals surface area contributed by atoms with Crippen molar-refractivity contribution >= 4 is 11.6 Å². The summed E-state index contributed by atoms with van der Waals surface area (Å²) < 4.78 is 12.9. The largest absolute Gasteiger partial charge is 0.322 e. The lowest BCUT2D eigenvalue weighted by atomic mass is 10.1. The molecule has 0 aliphatic heterocycles. The van der Waals surface area contributed by atoms with E-state index in [1.165, 1.54) is 30.5 Å². The van der Waals surface area contributed by atoms with Crippen molar-refractivity contribution in [2.45, 2.75) is 0 Å². The van der Waals surface area contributed by atoms with Crippen molar-refractivity contribution in [3.05, 3.63) is 59.2 Å². The third-order valence-electron chi connectivity index (χ3n) is 2.51. The zero-order valence-electron chi connectivity index (χ0n) is 10.1. The number of hydrogen-bond donors (Lipinski definition) is 1. The van der Waals surface area contributed by atoms with Gasteiger partial charge < -0.3 is 5.32 Å². The van der Waals surface area contributed by atoms with E-state index >= 15 is 0 Å². The molecule has 1 aromatic heterocycles. The van der Waals surface area contributed by atoms with Gasteiger partial charge in [-0.2, -0.15) is 14.9 Å². The SMILES string of the molecule is N#Cc1ccc(NC(=O)c2ccnc(F)c2)cc1C#N. The van der Waals surface area contributed by atoms with Crippen LogP contribution in [0.2, 0.25) is 0 Å². The van der Waals surface area contributed by atoms with Crippen LogP contribution in [0, 0.1) is 28.6 Å². The maximum atomic E-state index is 12.9. The highest BCUT2D eigenvalue weighted by molar-refractivity contribution is 6.04. The van der Waals surface area contributed by atoms with Gasteiger partial charge in [0.1, 0.15) is 12.1 Å². The van der Waals surface area contributed by atoms with E-state index in [9.17, 15) is 9.18 Å². The lowest BCUT2D eigenvalue weighted by Crippen LogP contribution is -2.12. The number of aromatic nitrogens is 1. The highest BCUT2D eigenvalue weighted by Gasteiger charge is 2.09. The molecule has 0 aliphatic rings. The van der Waals surface area contributed by atoms with Crippen molar-refractivity contribution in [1.29, 1.82) is 10.5 Å². The molecule has 6 heteroatoms. The number of carbonyl (C=O) groups is 1. The Bertz CT molecular complexity index is 758. The summed E-state index contributed by atoms with van der Waals surface area (Å²) in [6, 6.07) is 10.4. The van der Waals surface area contributed by atoms with E-state index in [1.807, 2.05) is 12.1 Å². The van der Waals surface area contributed by atoms with Crippen LogP contribution in [0.1, 0.15) is 21.5 Å². The van der Waals surface area contributed by atoms with Gasteiger partial charge in [-0.05, 0) is 24.3 Å². The van der Waals surface area contributed by atoms with Gasteiger partial charge in [0.25, 0.3) is 5.91 Å². The minimum atomic E-state index is -0.754. The molecule has 0 aliphatic carbocycles. The van der Waals surface area contributed by atoms with Crippen LogP contribution in [0.4, 0.5) is 10.1 Å². The number of anilines is 1. The fraction of sp³-hybridized carbons (Fsp3) is 0. The van der Waals surface area contributed by atoms with E-state index in [-0.39, 0.29) is 16.7 Å². The number of amides is 1. The molecule has 0 atom stereocenters. The lowest BCUT2D eigenvalue weighted by Gasteiger charge is -2.06. The maximum absolute atomic E-state index is 12.9. The zero-order chi connectivity index (χ0) is 14.5. The highest BCUT2D eigenvalue weighted by Crippen LogP contribution is 2.15. The number of benzene rings is 1. The van der Waals surface area contributed by atoms with Crippen LogP contribution >= 0.6 is 0 Å². The Morgan fingerprint density at radius 2 is 1.90 bits per heavy atom. The molecule has 2 aromatic rings. The summed E-state index contributed by atoms with van der Waals surface area (Å²) in [5.41, 5.74) is 0.842. The molecule has 1 aromatic carbocycles. The summed E-state index contributed by atoms with van der Waals surface area (Å²) in [5.74, 6) is -1.28. The number of hydrogen-bond acceptors (Lipinski definition) is 4. The van der Waals surface area contributed by atoms with Crippen molar-refractivity contribution in [3.8, 4) is 12.1 Å². The number of nitriles is 2. The van der Waals surface area contributed by atoms with Crippen LogP contribution in [-0.2, 0) is 0 Å². The number of nitrogens with zero attached hydrogens (tertiary/aromatic N) is 3. The first kappa shape index (κ1) is 13.2. The summed E-state index contributed by atoms with van der Waals surface area (Å²) >= 11 is 0. The van der Waals surface area contributed by atoms with Gasteiger partial charge in [0.05, 0.1) is 11.1 Å². The molecule has 0 saturated heterocycles. The van der Waals surface area contributed by atoms with E-state index in [0.717, 1.165) is 6.07 Å². The summed E-state index contributed by atoms with van der Waals surface area (Å²) in [7, 11) is 0. The predicted molar refractivity (Wildman–Crippen MR) is 68.0 cm³/mol. The second kappa shape index (κ2) is 5.59. The molecule has 0 spiro atoms. The summed E-state index contributed by atoms with van der Waals surface area (Å²) in [5, 5.41) is 20.2. The second-order valence-corrected chi connectivity index (χ2v) is 3.81. The lowest BCUT2D eigenvalue weighted by molar-refractivity contribution is 0.102. The molecule has 0 saturated carbocycles. The fourth-order valence-corrected chi connectivity index (χ4v) is 1.56. The maximum Gasteiger partial charge on any atom is 0.255 e. The number of halogens is 1. The minimum Gasteiger partial charge on any atom is -0.322 e. The predicted octanol–water partition coefficient (Wildman–Crippen LogP) is 2.22. The first-order valence-electron chi connectivity index (χ1n) is 5.51. The number of carbonyl (C=O) groups excluding carboxylic acids is 1. The van der Waals surface area contributed by atoms with Gasteiger partial charge in [-0.15, -0.1) is 0 Å². The monoisotopic (exact) mass is 266 g/mol. The molecule has 1 N–H and O–H groups in total. The molecule has 0 unspecified atom stereocenters. The zero-order valence-corrected chi connectivity index (χ0v) is 10.1. The van der Waals surface area contributed by atoms with Crippen LogP contribution < -0.4 is 5.32 Å². The molecule has 0 fully saturated rings. The normalized spacial score (nSPS) is 9.35. The molecular formula is C14H7FN4O. The van der Waals surface area contributed by atoms with E-state index in [0.29, 0.717) is 5.69 Å². The molecule has 1 amide bonds. The number of nitrogens with one attached hydrogen (secondary N) is 1. The van der Waals surface area contributed by atoms with Crippen LogP contribution in [0.5, 0.6) is 0 Å². The van der Waals surface area contributed by atoms with Crippen LogP contribution in [0.25, 0.3) is 0 Å². The number of pyridine rings is 1. The average molecular weight is 266 g/mol. The Balaban J connectivity index is 2.25. The molecule has 20 heavy (non-hydrogen) atoms. The fourth-order valence-electron chi connectivity index (χ4n) is 1.56. The molecule has 1 heterocycles. The molecule has 96 valence electrons. The van der Waals surface area contributed by atoms with Gasteiger partial charge in [0.2, 0.25) is 5.95 Å². The third-order valence-corrected chi connectivity index (χ3v) is 2.51. The van der Waals surface area contributed by atoms with Gasteiger partial charge in [-0.25, -0.2) is 4.98 Å². The Hall–Kier alpha value is -3.25. The topological polar surface area (TPSA) is 89.6 Å². The average Bonchev–Trinajstić information content (AvgIpc) is 2.47. The first-order valence-corrected chi connectivity index (χ1v) is 5.51.